The first-order valence-corrected chi connectivity index (χ1v) is 2.48. The Labute approximate surface area is 55.7 Å². The highest BCUT2D eigenvalue weighted by Crippen LogP contribution is 1.90. The lowest BCUT2D eigenvalue weighted by Gasteiger charge is -1.85. The Morgan fingerprint density at radius 3 is 2.80 bits per heavy atom. The molecule has 0 aliphatic carbocycles. The number of hydrogen-bond donors (Lipinski definition) is 2. The van der Waals surface area contributed by atoms with Gasteiger partial charge in [0.25, 0.3) is 0 Å². The van der Waals surface area contributed by atoms with Gasteiger partial charge in [-0.05, 0) is 0 Å². The largest absolute Gasteiger partial charge is 0.476 e. The van der Waals surface area contributed by atoms with Gasteiger partial charge in [-0.2, -0.15) is 0 Å². The maximum absolute atomic E-state index is 10.1. The van der Waals surface area contributed by atoms with E-state index in [1.165, 1.54) is 0 Å². The van der Waals surface area contributed by atoms with Gasteiger partial charge in [0, 0.05) is 0 Å². The molecule has 0 unspecified atom stereocenters. The molecule has 6 heteroatoms. The Morgan fingerprint density at radius 2 is 2.50 bits per heavy atom. The molecule has 1 heterocycles. The van der Waals surface area contributed by atoms with Crippen LogP contribution in [-0.2, 0) is 6.73 Å². The maximum atomic E-state index is 10.1. The first-order chi connectivity index (χ1) is 4.74. The third-order valence-corrected chi connectivity index (χ3v) is 0.903. The van der Waals surface area contributed by atoms with Gasteiger partial charge in [0.15, 0.2) is 5.69 Å². The van der Waals surface area contributed by atoms with Crippen molar-refractivity contribution in [2.24, 2.45) is 0 Å². The zero-order chi connectivity index (χ0) is 7.56. The molecule has 0 aliphatic rings. The molecule has 2 N–H and O–H groups in total. The van der Waals surface area contributed by atoms with Gasteiger partial charge >= 0.3 is 5.97 Å². The zero-order valence-electron chi connectivity index (χ0n) is 4.93. The predicted molar refractivity (Wildman–Crippen MR) is 29.2 cm³/mol. The summed E-state index contributed by atoms with van der Waals surface area (Å²) >= 11 is 0. The maximum Gasteiger partial charge on any atom is 0.358 e. The van der Waals surface area contributed by atoms with Crippen molar-refractivity contribution in [2.45, 2.75) is 6.73 Å². The van der Waals surface area contributed by atoms with Crippen LogP contribution in [0.5, 0.6) is 0 Å². The third-order valence-electron chi connectivity index (χ3n) is 0.903. The number of carboxylic acids is 1. The normalized spacial score (nSPS) is 9.70. The van der Waals surface area contributed by atoms with Crippen LogP contribution >= 0.6 is 0 Å². The molecule has 0 bridgehead atoms. The minimum atomic E-state index is -1.15. The van der Waals surface area contributed by atoms with Crippen LogP contribution in [0.15, 0.2) is 6.20 Å². The molecule has 0 aliphatic heterocycles. The van der Waals surface area contributed by atoms with Crippen molar-refractivity contribution in [1.29, 1.82) is 0 Å². The van der Waals surface area contributed by atoms with Crippen molar-refractivity contribution in [1.82, 2.24) is 15.0 Å². The summed E-state index contributed by atoms with van der Waals surface area (Å²) in [4.78, 5) is 10.1. The lowest BCUT2D eigenvalue weighted by molar-refractivity contribution is 0.0690. The number of aromatic carboxylic acids is 1. The summed E-state index contributed by atoms with van der Waals surface area (Å²) in [5.41, 5.74) is -0.172. The first kappa shape index (κ1) is 6.69. The highest BCUT2D eigenvalue weighted by Gasteiger charge is 2.06. The van der Waals surface area contributed by atoms with Gasteiger partial charge in [0.05, 0.1) is 6.20 Å². The molecule has 0 fully saturated rings. The van der Waals surface area contributed by atoms with Crippen molar-refractivity contribution in [3.05, 3.63) is 11.9 Å². The molecular weight excluding hydrogens is 138 g/mol. The molecule has 0 spiro atoms. The quantitative estimate of drug-likeness (QED) is 0.550. The number of aromatic nitrogens is 3. The summed E-state index contributed by atoms with van der Waals surface area (Å²) in [6, 6.07) is 0. The second-order valence-corrected chi connectivity index (χ2v) is 1.59. The van der Waals surface area contributed by atoms with Crippen LogP contribution in [0, 0.1) is 0 Å². The molecule has 1 rings (SSSR count). The fourth-order valence-corrected chi connectivity index (χ4v) is 0.466. The molecule has 0 aromatic carbocycles. The predicted octanol–water partition coefficient (Wildman–Crippen LogP) is -1.07. The molecule has 0 atom stereocenters. The lowest BCUT2D eigenvalue weighted by Crippen LogP contribution is -1.96. The molecule has 54 valence electrons. The monoisotopic (exact) mass is 143 g/mol. The zero-order valence-corrected chi connectivity index (χ0v) is 4.93. The fourth-order valence-electron chi connectivity index (χ4n) is 0.466. The van der Waals surface area contributed by atoms with E-state index in [0.29, 0.717) is 0 Å². The van der Waals surface area contributed by atoms with Crippen LogP contribution in [0.25, 0.3) is 0 Å². The molecular formula is C4H5N3O3. The molecule has 1 aromatic rings. The smallest absolute Gasteiger partial charge is 0.358 e. The summed E-state index contributed by atoms with van der Waals surface area (Å²) in [7, 11) is 0. The van der Waals surface area contributed by atoms with Gasteiger partial charge in [0.1, 0.15) is 6.73 Å². The lowest BCUT2D eigenvalue weighted by atomic mass is 10.5. The Balaban J connectivity index is 2.88. The van der Waals surface area contributed by atoms with Crippen molar-refractivity contribution < 1.29 is 15.0 Å². The summed E-state index contributed by atoms with van der Waals surface area (Å²) in [6.45, 7) is -0.361. The Hall–Kier alpha value is -1.43. The van der Waals surface area contributed by atoms with E-state index in [9.17, 15) is 4.79 Å². The number of rotatable bonds is 2. The molecule has 0 amide bonds. The number of nitrogens with zero attached hydrogens (tertiary/aromatic N) is 3. The van der Waals surface area contributed by atoms with Crippen LogP contribution < -0.4 is 0 Å². The van der Waals surface area contributed by atoms with E-state index in [4.69, 9.17) is 10.2 Å². The number of aliphatic hydroxyl groups is 1. The van der Waals surface area contributed by atoms with Gasteiger partial charge in [-0.15, -0.1) is 5.10 Å². The highest BCUT2D eigenvalue weighted by molar-refractivity contribution is 5.84. The number of aliphatic hydroxyl groups excluding tert-OH is 1. The van der Waals surface area contributed by atoms with Crippen molar-refractivity contribution in [2.75, 3.05) is 0 Å². The van der Waals surface area contributed by atoms with Crippen LogP contribution in [0.4, 0.5) is 0 Å². The van der Waals surface area contributed by atoms with E-state index in [0.717, 1.165) is 10.9 Å². The van der Waals surface area contributed by atoms with Gasteiger partial charge in [-0.3, -0.25) is 0 Å². The van der Waals surface area contributed by atoms with E-state index >= 15 is 0 Å². The van der Waals surface area contributed by atoms with E-state index in [1.54, 1.807) is 0 Å². The molecule has 0 saturated carbocycles. The van der Waals surface area contributed by atoms with Crippen LogP contribution in [0.1, 0.15) is 10.5 Å². The second-order valence-electron chi connectivity index (χ2n) is 1.59. The summed E-state index contributed by atoms with van der Waals surface area (Å²) in [6.07, 6.45) is 1.14. The molecule has 1 aromatic heterocycles. The Kier molecular flexibility index (Phi) is 1.63. The summed E-state index contributed by atoms with van der Waals surface area (Å²) < 4.78 is 1.02. The van der Waals surface area contributed by atoms with E-state index in [1.807, 2.05) is 0 Å². The van der Waals surface area contributed by atoms with Gasteiger partial charge in [-0.1, -0.05) is 5.21 Å². The number of carboxylic acid groups (broad SMARTS) is 1. The van der Waals surface area contributed by atoms with E-state index < -0.39 is 5.97 Å². The average Bonchev–Trinajstić information content (AvgIpc) is 2.34. The van der Waals surface area contributed by atoms with Gasteiger partial charge in [-0.25, -0.2) is 9.48 Å². The van der Waals surface area contributed by atoms with Crippen LogP contribution in [0.3, 0.4) is 0 Å². The molecule has 0 radical (unpaired) electrons. The topological polar surface area (TPSA) is 88.2 Å². The summed E-state index contributed by atoms with van der Waals surface area (Å²) in [5.74, 6) is -1.15. The average molecular weight is 143 g/mol. The third kappa shape index (κ3) is 1.11. The number of carbonyl (C=O) groups is 1. The minimum absolute atomic E-state index is 0.172. The SMILES string of the molecule is O=C(O)c1cn(CO)nn1. The Bertz CT molecular complexity index is 244. The highest BCUT2D eigenvalue weighted by atomic mass is 16.4. The van der Waals surface area contributed by atoms with Crippen molar-refractivity contribution >= 4 is 5.97 Å². The minimum Gasteiger partial charge on any atom is -0.476 e. The first-order valence-electron chi connectivity index (χ1n) is 2.48. The van der Waals surface area contributed by atoms with Crippen molar-refractivity contribution in [3.63, 3.8) is 0 Å². The fraction of sp³-hybridized carbons (Fsp3) is 0.250. The Morgan fingerprint density at radius 1 is 1.80 bits per heavy atom. The standard InChI is InChI=1S/C4H5N3O3/c8-2-7-1-3(4(9)10)5-6-7/h1,8H,2H2,(H,9,10). The van der Waals surface area contributed by atoms with E-state index in [2.05, 4.69) is 10.3 Å². The van der Waals surface area contributed by atoms with Crippen LogP contribution in [0.2, 0.25) is 0 Å². The molecule has 0 saturated heterocycles. The summed E-state index contributed by atoms with van der Waals surface area (Å²) in [5, 5.41) is 23.2. The number of hydrogen-bond acceptors (Lipinski definition) is 4. The van der Waals surface area contributed by atoms with Crippen molar-refractivity contribution in [3.8, 4) is 0 Å². The molecule has 6 nitrogen and oxygen atoms in total. The van der Waals surface area contributed by atoms with Gasteiger partial charge < -0.3 is 10.2 Å². The van der Waals surface area contributed by atoms with Gasteiger partial charge in [0.2, 0.25) is 0 Å². The molecule has 10 heavy (non-hydrogen) atoms. The van der Waals surface area contributed by atoms with E-state index in [-0.39, 0.29) is 12.4 Å². The van der Waals surface area contributed by atoms with Crippen LogP contribution in [-0.4, -0.2) is 31.2 Å². The second kappa shape index (κ2) is 2.44.